The van der Waals surface area contributed by atoms with Crippen molar-refractivity contribution in [3.63, 3.8) is 0 Å². The number of ether oxygens (including phenoxy) is 3. The van der Waals surface area contributed by atoms with Crippen LogP contribution in [0.4, 0.5) is 4.79 Å². The van der Waals surface area contributed by atoms with E-state index in [2.05, 4.69) is 6.08 Å². The van der Waals surface area contributed by atoms with Crippen molar-refractivity contribution in [1.82, 2.24) is 0 Å². The predicted molar refractivity (Wildman–Crippen MR) is 107 cm³/mol. The van der Waals surface area contributed by atoms with Crippen molar-refractivity contribution in [3.8, 4) is 17.2 Å². The largest absolute Gasteiger partial charge is 0.511 e. The topological polar surface area (TPSA) is 65.0 Å². The highest BCUT2D eigenvalue weighted by molar-refractivity contribution is 5.80. The highest BCUT2D eigenvalue weighted by Crippen LogP contribution is 2.41. The van der Waals surface area contributed by atoms with Crippen LogP contribution in [0.1, 0.15) is 30.5 Å². The summed E-state index contributed by atoms with van der Waals surface area (Å²) in [6.45, 7) is 4.01. The summed E-state index contributed by atoms with van der Waals surface area (Å²) in [6.07, 6.45) is 4.94. The third-order valence-electron chi connectivity index (χ3n) is 3.94. The number of allylic oxidation sites excluding steroid dienone is 2. The molecule has 0 unspecified atom stereocenters. The quantitative estimate of drug-likeness (QED) is 0.305. The van der Waals surface area contributed by atoms with Crippen molar-refractivity contribution in [3.05, 3.63) is 64.7 Å². The van der Waals surface area contributed by atoms with Crippen LogP contribution in [0.25, 0.3) is 12.2 Å². The Bertz CT molecular complexity index is 847. The predicted octanol–water partition coefficient (Wildman–Crippen LogP) is 5.44. The summed E-state index contributed by atoms with van der Waals surface area (Å²) < 4.78 is 15.9. The number of methoxy groups -OCH3 is 2. The molecule has 5 heteroatoms. The Morgan fingerprint density at radius 3 is 2.26 bits per heavy atom. The van der Waals surface area contributed by atoms with Gasteiger partial charge >= 0.3 is 6.16 Å². The van der Waals surface area contributed by atoms with E-state index in [4.69, 9.17) is 14.2 Å². The normalized spacial score (nSPS) is 10.5. The smallest absolute Gasteiger partial charge is 0.496 e. The summed E-state index contributed by atoms with van der Waals surface area (Å²) in [5.41, 5.74) is 3.55. The number of rotatable bonds is 7. The van der Waals surface area contributed by atoms with E-state index in [1.807, 2.05) is 56.3 Å². The van der Waals surface area contributed by atoms with E-state index < -0.39 is 6.16 Å². The average molecular weight is 368 g/mol. The minimum absolute atomic E-state index is 0.148. The lowest BCUT2D eigenvalue weighted by atomic mass is 9.99. The van der Waals surface area contributed by atoms with Gasteiger partial charge in [0.05, 0.1) is 14.2 Å². The molecule has 0 spiro atoms. The molecular formula is C22H24O5. The molecule has 0 aliphatic rings. The Morgan fingerprint density at radius 1 is 1.04 bits per heavy atom. The SMILES string of the molecule is COc1cc(OC)c(OC(=O)O)c(C=Cc2ccccc2)c1CC=C(C)C. The Hall–Kier alpha value is -3.21. The Morgan fingerprint density at radius 2 is 1.70 bits per heavy atom. The van der Waals surface area contributed by atoms with Gasteiger partial charge in [0.25, 0.3) is 0 Å². The second-order valence-corrected chi connectivity index (χ2v) is 6.10. The van der Waals surface area contributed by atoms with Crippen LogP contribution in [0.2, 0.25) is 0 Å². The summed E-state index contributed by atoms with van der Waals surface area (Å²) >= 11 is 0. The van der Waals surface area contributed by atoms with Crippen LogP contribution in [0.5, 0.6) is 17.2 Å². The molecule has 2 rings (SSSR count). The van der Waals surface area contributed by atoms with E-state index in [1.54, 1.807) is 13.2 Å². The molecule has 5 nitrogen and oxygen atoms in total. The van der Waals surface area contributed by atoms with Gasteiger partial charge in [0, 0.05) is 17.2 Å². The van der Waals surface area contributed by atoms with Gasteiger partial charge in [-0.3, -0.25) is 0 Å². The molecule has 2 aromatic rings. The molecule has 0 aromatic heterocycles. The second-order valence-electron chi connectivity index (χ2n) is 6.10. The van der Waals surface area contributed by atoms with Gasteiger partial charge in [-0.2, -0.15) is 0 Å². The molecule has 0 heterocycles. The lowest BCUT2D eigenvalue weighted by Crippen LogP contribution is -2.08. The number of carboxylic acid groups (broad SMARTS) is 1. The van der Waals surface area contributed by atoms with Crippen molar-refractivity contribution < 1.29 is 24.1 Å². The highest BCUT2D eigenvalue weighted by Gasteiger charge is 2.21. The zero-order valence-electron chi connectivity index (χ0n) is 16.0. The molecule has 0 aliphatic carbocycles. The standard InChI is InChI=1S/C22H24O5/c1-15(2)10-12-17-18(13-11-16-8-6-5-7-9-16)21(27-22(23)24)20(26-4)14-19(17)25-3/h5-11,13-14H,12H2,1-4H3,(H,23,24). The van der Waals surface area contributed by atoms with E-state index in [1.165, 1.54) is 7.11 Å². The van der Waals surface area contributed by atoms with Crippen LogP contribution in [-0.2, 0) is 6.42 Å². The van der Waals surface area contributed by atoms with E-state index in [0.717, 1.165) is 16.7 Å². The van der Waals surface area contributed by atoms with E-state index >= 15 is 0 Å². The lowest BCUT2D eigenvalue weighted by Gasteiger charge is -2.17. The third-order valence-corrected chi connectivity index (χ3v) is 3.94. The molecule has 0 amide bonds. The van der Waals surface area contributed by atoms with Gasteiger partial charge < -0.3 is 19.3 Å². The number of benzene rings is 2. The maximum Gasteiger partial charge on any atom is 0.511 e. The highest BCUT2D eigenvalue weighted by atomic mass is 16.7. The van der Waals surface area contributed by atoms with E-state index in [9.17, 15) is 9.90 Å². The monoisotopic (exact) mass is 368 g/mol. The first kappa shape index (κ1) is 20.1. The molecule has 0 fully saturated rings. The number of hydrogen-bond donors (Lipinski definition) is 1. The molecule has 0 bridgehead atoms. The van der Waals surface area contributed by atoms with Crippen LogP contribution in [-0.4, -0.2) is 25.5 Å². The molecule has 0 atom stereocenters. The number of carbonyl (C=O) groups is 1. The van der Waals surface area contributed by atoms with Gasteiger partial charge in [-0.05, 0) is 25.8 Å². The van der Waals surface area contributed by atoms with Crippen molar-refractivity contribution >= 4 is 18.3 Å². The zero-order chi connectivity index (χ0) is 19.8. The second kappa shape index (κ2) is 9.48. The minimum atomic E-state index is -1.40. The Kier molecular flexibility index (Phi) is 7.06. The molecule has 0 radical (unpaired) electrons. The maximum atomic E-state index is 11.3. The van der Waals surface area contributed by atoms with Gasteiger partial charge in [-0.15, -0.1) is 0 Å². The van der Waals surface area contributed by atoms with Gasteiger partial charge in [-0.25, -0.2) is 4.79 Å². The van der Waals surface area contributed by atoms with Gasteiger partial charge in [0.1, 0.15) is 5.75 Å². The summed E-state index contributed by atoms with van der Waals surface area (Å²) in [6, 6.07) is 11.4. The van der Waals surface area contributed by atoms with Crippen LogP contribution < -0.4 is 14.2 Å². The summed E-state index contributed by atoms with van der Waals surface area (Å²) in [5.74, 6) is 1.05. The van der Waals surface area contributed by atoms with Gasteiger partial charge in [0.2, 0.25) is 0 Å². The van der Waals surface area contributed by atoms with Crippen LogP contribution in [0.15, 0.2) is 48.0 Å². The number of hydrogen-bond acceptors (Lipinski definition) is 4. The van der Waals surface area contributed by atoms with Crippen LogP contribution >= 0.6 is 0 Å². The summed E-state index contributed by atoms with van der Waals surface area (Å²) in [7, 11) is 3.03. The van der Waals surface area contributed by atoms with Crippen LogP contribution in [0, 0.1) is 0 Å². The fourth-order valence-electron chi connectivity index (χ4n) is 2.64. The first-order valence-corrected chi connectivity index (χ1v) is 8.51. The molecule has 142 valence electrons. The van der Waals surface area contributed by atoms with E-state index in [0.29, 0.717) is 23.5 Å². The first-order chi connectivity index (χ1) is 13.0. The summed E-state index contributed by atoms with van der Waals surface area (Å²) in [4.78, 5) is 11.3. The first-order valence-electron chi connectivity index (χ1n) is 8.51. The molecular weight excluding hydrogens is 344 g/mol. The van der Waals surface area contributed by atoms with Gasteiger partial charge in [0.15, 0.2) is 11.5 Å². The molecule has 1 N–H and O–H groups in total. The third kappa shape index (κ3) is 5.38. The fourth-order valence-corrected chi connectivity index (χ4v) is 2.64. The molecule has 0 saturated heterocycles. The lowest BCUT2D eigenvalue weighted by molar-refractivity contribution is 0.142. The fraction of sp³-hybridized carbons (Fsp3) is 0.227. The van der Waals surface area contributed by atoms with Crippen molar-refractivity contribution in [2.24, 2.45) is 0 Å². The Labute approximate surface area is 159 Å². The zero-order valence-corrected chi connectivity index (χ0v) is 16.0. The van der Waals surface area contributed by atoms with Crippen molar-refractivity contribution in [2.75, 3.05) is 14.2 Å². The van der Waals surface area contributed by atoms with Crippen molar-refractivity contribution in [2.45, 2.75) is 20.3 Å². The summed E-state index contributed by atoms with van der Waals surface area (Å²) in [5, 5.41) is 9.19. The van der Waals surface area contributed by atoms with Crippen LogP contribution in [0.3, 0.4) is 0 Å². The minimum Gasteiger partial charge on any atom is -0.496 e. The molecule has 0 aliphatic heterocycles. The molecule has 27 heavy (non-hydrogen) atoms. The maximum absolute atomic E-state index is 11.3. The Balaban J connectivity index is 2.69. The molecule has 0 saturated carbocycles. The van der Waals surface area contributed by atoms with Gasteiger partial charge in [-0.1, -0.05) is 54.1 Å². The van der Waals surface area contributed by atoms with Crippen molar-refractivity contribution in [1.29, 1.82) is 0 Å². The van der Waals surface area contributed by atoms with E-state index in [-0.39, 0.29) is 5.75 Å². The average Bonchev–Trinajstić information content (AvgIpc) is 2.65. The molecule has 2 aromatic carbocycles.